The van der Waals surface area contributed by atoms with Gasteiger partial charge in [-0.2, -0.15) is 0 Å². The molecule has 1 fully saturated rings. The molecule has 1 aliphatic rings. The number of anilines is 1. The molecule has 0 radical (unpaired) electrons. The van der Waals surface area contributed by atoms with Crippen LogP contribution in [0.2, 0.25) is 0 Å². The van der Waals surface area contributed by atoms with Crippen molar-refractivity contribution >= 4 is 5.82 Å². The Kier molecular flexibility index (Phi) is 3.21. The van der Waals surface area contributed by atoms with Crippen molar-refractivity contribution in [2.24, 2.45) is 0 Å². The third-order valence-electron chi connectivity index (χ3n) is 3.21. The molecule has 0 unspecified atom stereocenters. The Morgan fingerprint density at radius 3 is 2.93 bits per heavy atom. The third kappa shape index (κ3) is 2.48. The van der Waals surface area contributed by atoms with Crippen molar-refractivity contribution in [3.63, 3.8) is 0 Å². The van der Waals surface area contributed by atoms with Crippen LogP contribution in [0.1, 0.15) is 24.8 Å². The first-order chi connectivity index (χ1) is 7.29. The first kappa shape index (κ1) is 10.4. The largest absolute Gasteiger partial charge is 0.373 e. The van der Waals surface area contributed by atoms with E-state index in [1.54, 1.807) is 0 Å². The van der Waals surface area contributed by atoms with Crippen LogP contribution in [0.4, 0.5) is 5.82 Å². The second-order valence-electron chi connectivity index (χ2n) is 4.30. The maximum absolute atomic E-state index is 4.21. The number of hydrogen-bond donors (Lipinski definition) is 1. The zero-order valence-electron chi connectivity index (χ0n) is 9.53. The van der Waals surface area contributed by atoms with Crippen molar-refractivity contribution in [2.75, 3.05) is 19.4 Å². The van der Waals surface area contributed by atoms with Gasteiger partial charge in [-0.25, -0.2) is 4.98 Å². The lowest BCUT2D eigenvalue weighted by atomic mass is 9.91. The Bertz CT molecular complexity index is 320. The van der Waals surface area contributed by atoms with E-state index in [9.17, 15) is 0 Å². The van der Waals surface area contributed by atoms with E-state index in [0.717, 1.165) is 18.4 Å². The van der Waals surface area contributed by atoms with Gasteiger partial charge in [0.05, 0.1) is 0 Å². The van der Waals surface area contributed by atoms with E-state index in [-0.39, 0.29) is 0 Å². The minimum atomic E-state index is 0.802. The molecule has 1 saturated carbocycles. The van der Waals surface area contributed by atoms with Crippen molar-refractivity contribution in [3.8, 4) is 0 Å². The average Bonchev–Trinajstić information content (AvgIpc) is 2.15. The van der Waals surface area contributed by atoms with E-state index < -0.39 is 0 Å². The molecular weight excluding hydrogens is 186 g/mol. The monoisotopic (exact) mass is 205 g/mol. The molecule has 1 aromatic heterocycles. The quantitative estimate of drug-likeness (QED) is 0.816. The molecule has 1 heterocycles. The van der Waals surface area contributed by atoms with Gasteiger partial charge in [0.1, 0.15) is 5.82 Å². The lowest BCUT2D eigenvalue weighted by Crippen LogP contribution is -2.36. The number of hydrogen-bond acceptors (Lipinski definition) is 3. The van der Waals surface area contributed by atoms with Crippen LogP contribution in [0.25, 0.3) is 0 Å². The highest BCUT2D eigenvalue weighted by atomic mass is 15.1. The Balaban J connectivity index is 1.96. The number of pyridine rings is 1. The predicted molar refractivity (Wildman–Crippen MR) is 62.9 cm³/mol. The van der Waals surface area contributed by atoms with Crippen LogP contribution in [0, 0.1) is 0 Å². The molecule has 0 saturated heterocycles. The van der Waals surface area contributed by atoms with Crippen LogP contribution < -0.4 is 5.32 Å². The summed E-state index contributed by atoms with van der Waals surface area (Å²) in [4.78, 5) is 6.66. The maximum atomic E-state index is 4.21. The van der Waals surface area contributed by atoms with Gasteiger partial charge in [0.15, 0.2) is 0 Å². The van der Waals surface area contributed by atoms with Crippen molar-refractivity contribution in [1.29, 1.82) is 0 Å². The van der Waals surface area contributed by atoms with Gasteiger partial charge in [-0.15, -0.1) is 0 Å². The van der Waals surface area contributed by atoms with Gasteiger partial charge >= 0.3 is 0 Å². The van der Waals surface area contributed by atoms with E-state index in [4.69, 9.17) is 0 Å². The number of nitrogens with zero attached hydrogens (tertiary/aromatic N) is 2. The van der Waals surface area contributed by atoms with Crippen LogP contribution in [0.5, 0.6) is 0 Å². The standard InChI is InChI=1S/C12H19N3/c1-13-12-8-10(6-7-14-12)9-15(2)11-4-3-5-11/h6-8,11H,3-5,9H2,1-2H3,(H,13,14). The minimum absolute atomic E-state index is 0.802. The SMILES string of the molecule is CNc1cc(CN(C)C2CCC2)ccn1. The Labute approximate surface area is 91.5 Å². The summed E-state index contributed by atoms with van der Waals surface area (Å²) in [5.74, 6) is 0.953. The van der Waals surface area contributed by atoms with Gasteiger partial charge in [-0.3, -0.25) is 4.90 Å². The molecule has 15 heavy (non-hydrogen) atoms. The molecule has 0 bridgehead atoms. The normalized spacial score (nSPS) is 16.5. The van der Waals surface area contributed by atoms with Crippen LogP contribution in [0.15, 0.2) is 18.3 Å². The van der Waals surface area contributed by atoms with Crippen molar-refractivity contribution in [1.82, 2.24) is 9.88 Å². The van der Waals surface area contributed by atoms with E-state index in [2.05, 4.69) is 34.4 Å². The van der Waals surface area contributed by atoms with Gasteiger partial charge < -0.3 is 5.32 Å². The number of nitrogens with one attached hydrogen (secondary N) is 1. The molecule has 2 rings (SSSR count). The second-order valence-corrected chi connectivity index (χ2v) is 4.30. The van der Waals surface area contributed by atoms with Crippen molar-refractivity contribution in [2.45, 2.75) is 31.8 Å². The molecule has 1 aliphatic carbocycles. The molecule has 3 nitrogen and oxygen atoms in total. The maximum Gasteiger partial charge on any atom is 0.125 e. The van der Waals surface area contributed by atoms with Crippen molar-refractivity contribution in [3.05, 3.63) is 23.9 Å². The Hall–Kier alpha value is -1.09. The lowest BCUT2D eigenvalue weighted by molar-refractivity contribution is 0.152. The molecular formula is C12H19N3. The smallest absolute Gasteiger partial charge is 0.125 e. The highest BCUT2D eigenvalue weighted by Crippen LogP contribution is 2.24. The topological polar surface area (TPSA) is 28.2 Å². The van der Waals surface area contributed by atoms with E-state index in [1.165, 1.54) is 24.8 Å². The summed E-state index contributed by atoms with van der Waals surface area (Å²) in [5.41, 5.74) is 1.34. The fourth-order valence-corrected chi connectivity index (χ4v) is 1.95. The second kappa shape index (κ2) is 4.62. The van der Waals surface area contributed by atoms with E-state index >= 15 is 0 Å². The first-order valence-corrected chi connectivity index (χ1v) is 5.62. The molecule has 0 atom stereocenters. The summed E-state index contributed by atoms with van der Waals surface area (Å²) < 4.78 is 0. The summed E-state index contributed by atoms with van der Waals surface area (Å²) in [6.07, 6.45) is 5.99. The van der Waals surface area contributed by atoms with Crippen LogP contribution in [0.3, 0.4) is 0 Å². The number of aromatic nitrogens is 1. The van der Waals surface area contributed by atoms with Crippen LogP contribution in [-0.4, -0.2) is 30.0 Å². The van der Waals surface area contributed by atoms with Gasteiger partial charge in [0.2, 0.25) is 0 Å². The van der Waals surface area contributed by atoms with Gasteiger partial charge in [0, 0.05) is 25.8 Å². The summed E-state index contributed by atoms with van der Waals surface area (Å²) in [6, 6.07) is 5.02. The zero-order valence-corrected chi connectivity index (χ0v) is 9.53. The molecule has 82 valence electrons. The highest BCUT2D eigenvalue weighted by molar-refractivity contribution is 5.36. The van der Waals surface area contributed by atoms with Gasteiger partial charge in [0.25, 0.3) is 0 Å². The molecule has 0 amide bonds. The minimum Gasteiger partial charge on any atom is -0.373 e. The molecule has 1 aromatic rings. The molecule has 0 spiro atoms. The van der Waals surface area contributed by atoms with E-state index in [1.807, 2.05) is 13.2 Å². The van der Waals surface area contributed by atoms with E-state index in [0.29, 0.717) is 0 Å². The molecule has 0 aliphatic heterocycles. The lowest BCUT2D eigenvalue weighted by Gasteiger charge is -2.34. The summed E-state index contributed by atoms with van der Waals surface area (Å²) in [7, 11) is 4.12. The van der Waals surface area contributed by atoms with Crippen LogP contribution in [-0.2, 0) is 6.54 Å². The third-order valence-corrected chi connectivity index (χ3v) is 3.21. The van der Waals surface area contributed by atoms with Crippen LogP contribution >= 0.6 is 0 Å². The molecule has 3 heteroatoms. The average molecular weight is 205 g/mol. The molecule has 1 N–H and O–H groups in total. The predicted octanol–water partition coefficient (Wildman–Crippen LogP) is 2.11. The molecule has 0 aromatic carbocycles. The van der Waals surface area contributed by atoms with Gasteiger partial charge in [-0.05, 0) is 37.6 Å². The van der Waals surface area contributed by atoms with Gasteiger partial charge in [-0.1, -0.05) is 6.42 Å². The highest BCUT2D eigenvalue weighted by Gasteiger charge is 2.21. The fraction of sp³-hybridized carbons (Fsp3) is 0.583. The summed E-state index contributed by atoms with van der Waals surface area (Å²) >= 11 is 0. The fourth-order valence-electron chi connectivity index (χ4n) is 1.95. The first-order valence-electron chi connectivity index (χ1n) is 5.62. The zero-order chi connectivity index (χ0) is 10.7. The Morgan fingerprint density at radius 1 is 1.53 bits per heavy atom. The number of rotatable bonds is 4. The summed E-state index contributed by atoms with van der Waals surface area (Å²) in [6.45, 7) is 1.03. The Morgan fingerprint density at radius 2 is 2.33 bits per heavy atom. The summed E-state index contributed by atoms with van der Waals surface area (Å²) in [5, 5.41) is 3.07. The van der Waals surface area contributed by atoms with Crippen molar-refractivity contribution < 1.29 is 0 Å².